The monoisotopic (exact) mass is 396 g/mol. The molecule has 0 saturated carbocycles. The highest BCUT2D eigenvalue weighted by Crippen LogP contribution is 2.38. The van der Waals surface area contributed by atoms with Crippen LogP contribution in [0.2, 0.25) is 0 Å². The van der Waals surface area contributed by atoms with E-state index in [0.29, 0.717) is 18.8 Å². The summed E-state index contributed by atoms with van der Waals surface area (Å²) in [5.74, 6) is 1.14. The molecule has 3 aliphatic heterocycles. The van der Waals surface area contributed by atoms with Gasteiger partial charge in [-0.1, -0.05) is 6.07 Å². The van der Waals surface area contributed by atoms with Crippen molar-refractivity contribution in [3.05, 3.63) is 46.6 Å². The molecule has 7 heteroatoms. The maximum Gasteiger partial charge on any atom is 0.270 e. The highest BCUT2D eigenvalue weighted by Gasteiger charge is 2.30. The standard InChI is InChI=1S/C22H28N4O3/c1-29-11-10-25-14-16-12-17(5-6-18(16)21(25)27)26-9-2-4-15-13-19(23-20(15)26)22(28)24-7-3-8-24/h5-6,12-13,21,23,27H,2-4,7-11,14H2,1H3. The van der Waals surface area contributed by atoms with E-state index < -0.39 is 6.23 Å². The Morgan fingerprint density at radius 1 is 1.21 bits per heavy atom. The fourth-order valence-corrected chi connectivity index (χ4v) is 4.58. The van der Waals surface area contributed by atoms with Crippen LogP contribution in [0.4, 0.5) is 11.5 Å². The van der Waals surface area contributed by atoms with Gasteiger partial charge in [0.15, 0.2) is 0 Å². The Morgan fingerprint density at radius 2 is 2.07 bits per heavy atom. The number of H-pyrrole nitrogens is 1. The van der Waals surface area contributed by atoms with Crippen molar-refractivity contribution in [3.63, 3.8) is 0 Å². The minimum Gasteiger partial charge on any atom is -0.383 e. The zero-order valence-electron chi connectivity index (χ0n) is 16.9. The van der Waals surface area contributed by atoms with E-state index in [1.54, 1.807) is 7.11 Å². The Morgan fingerprint density at radius 3 is 2.83 bits per heavy atom. The van der Waals surface area contributed by atoms with Gasteiger partial charge in [-0.05, 0) is 54.2 Å². The molecule has 1 fully saturated rings. The van der Waals surface area contributed by atoms with Crippen molar-refractivity contribution in [1.29, 1.82) is 0 Å². The van der Waals surface area contributed by atoms with Crippen LogP contribution in [-0.4, -0.2) is 65.7 Å². The van der Waals surface area contributed by atoms with Gasteiger partial charge in [0.05, 0.1) is 6.61 Å². The first-order valence-electron chi connectivity index (χ1n) is 10.5. The molecule has 7 nitrogen and oxygen atoms in total. The van der Waals surface area contributed by atoms with Gasteiger partial charge in [-0.3, -0.25) is 9.69 Å². The van der Waals surface area contributed by atoms with Crippen molar-refractivity contribution >= 4 is 17.4 Å². The number of rotatable bonds is 5. The van der Waals surface area contributed by atoms with Crippen LogP contribution in [0.25, 0.3) is 0 Å². The Labute approximate surface area is 170 Å². The number of likely N-dealkylation sites (tertiary alicyclic amines) is 1. The van der Waals surface area contributed by atoms with Crippen molar-refractivity contribution < 1.29 is 14.6 Å². The fourth-order valence-electron chi connectivity index (χ4n) is 4.58. The second-order valence-corrected chi connectivity index (χ2v) is 8.18. The largest absolute Gasteiger partial charge is 0.383 e. The Bertz CT molecular complexity index is 921. The molecule has 0 spiro atoms. The maximum absolute atomic E-state index is 12.6. The predicted molar refractivity (Wildman–Crippen MR) is 110 cm³/mol. The smallest absolute Gasteiger partial charge is 0.270 e. The first-order valence-corrected chi connectivity index (χ1v) is 10.5. The number of carbonyl (C=O) groups is 1. The number of nitrogens with one attached hydrogen (secondary N) is 1. The van der Waals surface area contributed by atoms with Gasteiger partial charge in [-0.15, -0.1) is 0 Å². The number of fused-ring (bicyclic) bond motifs is 2. The zero-order chi connectivity index (χ0) is 20.0. The number of hydrogen-bond acceptors (Lipinski definition) is 5. The molecule has 3 aliphatic rings. The van der Waals surface area contributed by atoms with Crippen molar-refractivity contribution in [2.45, 2.75) is 32.0 Å². The minimum atomic E-state index is -0.572. The number of aliphatic hydroxyl groups excluding tert-OH is 1. The number of aromatic amines is 1. The molecule has 1 amide bonds. The summed E-state index contributed by atoms with van der Waals surface area (Å²) in [4.78, 5) is 22.2. The van der Waals surface area contributed by atoms with Gasteiger partial charge >= 0.3 is 0 Å². The average molecular weight is 396 g/mol. The summed E-state index contributed by atoms with van der Waals surface area (Å²) in [5.41, 5.74) is 5.14. The quantitative estimate of drug-likeness (QED) is 0.812. The molecule has 2 N–H and O–H groups in total. The van der Waals surface area contributed by atoms with E-state index in [0.717, 1.165) is 68.1 Å². The number of methoxy groups -OCH3 is 1. The normalized spacial score (nSPS) is 21.1. The molecule has 154 valence electrons. The summed E-state index contributed by atoms with van der Waals surface area (Å²) < 4.78 is 5.16. The zero-order valence-corrected chi connectivity index (χ0v) is 16.9. The number of anilines is 2. The van der Waals surface area contributed by atoms with Crippen molar-refractivity contribution in [1.82, 2.24) is 14.8 Å². The van der Waals surface area contributed by atoms with Gasteiger partial charge in [0.2, 0.25) is 0 Å². The number of aryl methyl sites for hydroxylation is 1. The Kier molecular flexibility index (Phi) is 4.81. The number of benzene rings is 1. The van der Waals surface area contributed by atoms with Crippen molar-refractivity contribution in [3.8, 4) is 0 Å². The van der Waals surface area contributed by atoms with Crippen molar-refractivity contribution in [2.24, 2.45) is 0 Å². The predicted octanol–water partition coefficient (Wildman–Crippen LogP) is 2.40. The lowest BCUT2D eigenvalue weighted by Crippen LogP contribution is -2.42. The van der Waals surface area contributed by atoms with Crippen LogP contribution in [-0.2, 0) is 17.7 Å². The second kappa shape index (κ2) is 7.48. The highest BCUT2D eigenvalue weighted by molar-refractivity contribution is 5.94. The fraction of sp³-hybridized carbons (Fsp3) is 0.500. The molecule has 29 heavy (non-hydrogen) atoms. The third-order valence-corrected chi connectivity index (χ3v) is 6.37. The third-order valence-electron chi connectivity index (χ3n) is 6.37. The third kappa shape index (κ3) is 3.23. The molecule has 0 radical (unpaired) electrons. The van der Waals surface area contributed by atoms with Crippen LogP contribution in [0.5, 0.6) is 0 Å². The van der Waals surface area contributed by atoms with E-state index in [9.17, 15) is 9.90 Å². The molecule has 5 rings (SSSR count). The molecular formula is C22H28N4O3. The molecule has 4 heterocycles. The van der Waals surface area contributed by atoms with Gasteiger partial charge in [-0.25, -0.2) is 0 Å². The molecule has 1 aromatic heterocycles. The van der Waals surface area contributed by atoms with E-state index in [-0.39, 0.29) is 5.91 Å². The van der Waals surface area contributed by atoms with Gasteiger partial charge in [0.25, 0.3) is 5.91 Å². The summed E-state index contributed by atoms with van der Waals surface area (Å²) in [7, 11) is 1.68. The molecule has 1 atom stereocenters. The van der Waals surface area contributed by atoms with Gasteiger partial charge in [0.1, 0.15) is 17.7 Å². The van der Waals surface area contributed by atoms with Crippen molar-refractivity contribution in [2.75, 3.05) is 44.8 Å². The van der Waals surface area contributed by atoms with Crippen LogP contribution in [0, 0.1) is 0 Å². The first-order chi connectivity index (χ1) is 14.2. The SMILES string of the molecule is COCCN1Cc2cc(N3CCCc4cc(C(=O)N5CCC5)[nH]c43)ccc2C1O. The number of amides is 1. The van der Waals surface area contributed by atoms with E-state index in [1.165, 1.54) is 5.56 Å². The number of carbonyl (C=O) groups excluding carboxylic acids is 1. The van der Waals surface area contributed by atoms with E-state index in [2.05, 4.69) is 22.0 Å². The first kappa shape index (κ1) is 18.7. The molecule has 0 aliphatic carbocycles. The lowest BCUT2D eigenvalue weighted by Gasteiger charge is -2.30. The Hall–Kier alpha value is -2.35. The number of hydrogen-bond donors (Lipinski definition) is 2. The topological polar surface area (TPSA) is 72.0 Å². The highest BCUT2D eigenvalue weighted by atomic mass is 16.5. The molecule has 1 aromatic carbocycles. The number of aliphatic hydroxyl groups is 1. The van der Waals surface area contributed by atoms with Gasteiger partial charge in [-0.2, -0.15) is 0 Å². The number of nitrogens with zero attached hydrogens (tertiary/aromatic N) is 3. The summed E-state index contributed by atoms with van der Waals surface area (Å²) in [6, 6.07) is 8.32. The lowest BCUT2D eigenvalue weighted by atomic mass is 10.0. The molecule has 2 aromatic rings. The van der Waals surface area contributed by atoms with Crippen LogP contribution in [0.3, 0.4) is 0 Å². The number of aromatic nitrogens is 1. The van der Waals surface area contributed by atoms with E-state index in [4.69, 9.17) is 4.74 Å². The summed E-state index contributed by atoms with van der Waals surface area (Å²) >= 11 is 0. The summed E-state index contributed by atoms with van der Waals surface area (Å²) in [5, 5.41) is 10.6. The summed E-state index contributed by atoms with van der Waals surface area (Å²) in [6.45, 7) is 4.66. The summed E-state index contributed by atoms with van der Waals surface area (Å²) in [6.07, 6.45) is 2.57. The van der Waals surface area contributed by atoms with E-state index >= 15 is 0 Å². The number of ether oxygens (including phenoxy) is 1. The molecule has 0 bridgehead atoms. The molecule has 1 saturated heterocycles. The molecule has 1 unspecified atom stereocenters. The average Bonchev–Trinajstić information content (AvgIpc) is 3.26. The van der Waals surface area contributed by atoms with E-state index in [1.807, 2.05) is 21.9 Å². The van der Waals surface area contributed by atoms with Gasteiger partial charge < -0.3 is 24.6 Å². The van der Waals surface area contributed by atoms with Gasteiger partial charge in [0, 0.05) is 45.5 Å². The van der Waals surface area contributed by atoms with Crippen LogP contribution in [0.1, 0.15) is 46.2 Å². The second-order valence-electron chi connectivity index (χ2n) is 8.18. The van der Waals surface area contributed by atoms with Crippen LogP contribution in [0.15, 0.2) is 24.3 Å². The van der Waals surface area contributed by atoms with Crippen LogP contribution >= 0.6 is 0 Å². The van der Waals surface area contributed by atoms with Crippen LogP contribution < -0.4 is 4.90 Å². The minimum absolute atomic E-state index is 0.108. The molecular weight excluding hydrogens is 368 g/mol. The Balaban J connectivity index is 1.41. The lowest BCUT2D eigenvalue weighted by molar-refractivity contribution is -0.000992. The maximum atomic E-state index is 12.6.